The number of alkyl halides is 1. The van der Waals surface area contributed by atoms with Gasteiger partial charge < -0.3 is 15.2 Å². The molecule has 1 aromatic carbocycles. The number of aliphatic hydroxyl groups excluding tert-OH is 1. The molecule has 3 heterocycles. The van der Waals surface area contributed by atoms with E-state index in [-0.39, 0.29) is 12.1 Å². The Balaban J connectivity index is 1.49. The van der Waals surface area contributed by atoms with Crippen LogP contribution in [0.1, 0.15) is 56.2 Å². The summed E-state index contributed by atoms with van der Waals surface area (Å²) < 4.78 is 20.9. The molecule has 1 aliphatic heterocycles. The predicted molar refractivity (Wildman–Crippen MR) is 135 cm³/mol. The Kier molecular flexibility index (Phi) is 7.32. The average Bonchev–Trinajstić information content (AvgIpc) is 3.43. The SMILES string of the molecule is COC[C@H](C)Nc1ncc2c(-c3cccc(CN4CC[C@@H](F)C4)c3)cc([C@H]3CC[C@H](O)CC3)n2n1. The lowest BCUT2D eigenvalue weighted by Crippen LogP contribution is -2.23. The summed E-state index contributed by atoms with van der Waals surface area (Å²) >= 11 is 0. The smallest absolute Gasteiger partial charge is 0.241 e. The van der Waals surface area contributed by atoms with Crippen LogP contribution in [0.4, 0.5) is 10.3 Å². The number of nitrogens with one attached hydrogen (secondary N) is 1. The van der Waals surface area contributed by atoms with Crippen LogP contribution in [0.25, 0.3) is 16.6 Å². The van der Waals surface area contributed by atoms with Crippen LogP contribution in [0.5, 0.6) is 0 Å². The minimum Gasteiger partial charge on any atom is -0.393 e. The number of aliphatic hydroxyl groups is 1. The molecule has 1 saturated heterocycles. The second kappa shape index (κ2) is 10.6. The van der Waals surface area contributed by atoms with Gasteiger partial charge in [-0.25, -0.2) is 13.9 Å². The fraction of sp³-hybridized carbons (Fsp3) is 0.556. The van der Waals surface area contributed by atoms with Crippen molar-refractivity contribution >= 4 is 11.5 Å². The normalized spacial score (nSPS) is 24.2. The van der Waals surface area contributed by atoms with Crippen LogP contribution in [0.2, 0.25) is 0 Å². The lowest BCUT2D eigenvalue weighted by molar-refractivity contribution is 0.121. The van der Waals surface area contributed by atoms with Crippen LogP contribution in [0.3, 0.4) is 0 Å². The maximum Gasteiger partial charge on any atom is 0.241 e. The third kappa shape index (κ3) is 5.50. The Bertz CT molecular complexity index is 1140. The van der Waals surface area contributed by atoms with Gasteiger partial charge >= 0.3 is 0 Å². The first-order chi connectivity index (χ1) is 17.0. The Morgan fingerprint density at radius 2 is 2.03 bits per heavy atom. The molecule has 2 aromatic heterocycles. The summed E-state index contributed by atoms with van der Waals surface area (Å²) in [6.45, 7) is 4.69. The van der Waals surface area contributed by atoms with Gasteiger partial charge in [0, 0.05) is 50.0 Å². The van der Waals surface area contributed by atoms with E-state index in [4.69, 9.17) is 9.84 Å². The molecule has 188 valence electrons. The molecule has 0 bridgehead atoms. The molecule has 5 rings (SSSR count). The Morgan fingerprint density at radius 1 is 1.20 bits per heavy atom. The molecule has 3 aromatic rings. The van der Waals surface area contributed by atoms with Gasteiger partial charge in [-0.3, -0.25) is 4.90 Å². The van der Waals surface area contributed by atoms with E-state index in [1.54, 1.807) is 7.11 Å². The van der Waals surface area contributed by atoms with Crippen LogP contribution in [-0.4, -0.2) is 69.7 Å². The summed E-state index contributed by atoms with van der Waals surface area (Å²) in [5.74, 6) is 0.915. The van der Waals surface area contributed by atoms with Crippen LogP contribution in [0.15, 0.2) is 36.5 Å². The number of nitrogens with zero attached hydrogens (tertiary/aromatic N) is 4. The van der Waals surface area contributed by atoms with Crippen molar-refractivity contribution in [1.82, 2.24) is 19.5 Å². The van der Waals surface area contributed by atoms with E-state index in [0.717, 1.165) is 61.1 Å². The molecule has 1 aliphatic carbocycles. The van der Waals surface area contributed by atoms with Gasteiger partial charge in [0.25, 0.3) is 0 Å². The highest BCUT2D eigenvalue weighted by Crippen LogP contribution is 2.38. The van der Waals surface area contributed by atoms with Crippen molar-refractivity contribution in [2.45, 2.75) is 69.8 Å². The highest BCUT2D eigenvalue weighted by atomic mass is 19.1. The number of halogens is 1. The molecular formula is C27H36FN5O2. The van der Waals surface area contributed by atoms with Gasteiger partial charge in [0.15, 0.2) is 0 Å². The fourth-order valence-electron chi connectivity index (χ4n) is 5.51. The van der Waals surface area contributed by atoms with Gasteiger partial charge in [0.05, 0.1) is 24.4 Å². The minimum atomic E-state index is -0.711. The highest BCUT2D eigenvalue weighted by Gasteiger charge is 2.26. The van der Waals surface area contributed by atoms with E-state index in [1.807, 2.05) is 17.6 Å². The average molecular weight is 482 g/mol. The molecule has 2 aliphatic rings. The Morgan fingerprint density at radius 3 is 2.77 bits per heavy atom. The van der Waals surface area contributed by atoms with E-state index < -0.39 is 6.17 Å². The number of hydrogen-bond acceptors (Lipinski definition) is 6. The maximum absolute atomic E-state index is 13.7. The van der Waals surface area contributed by atoms with Crippen molar-refractivity contribution in [2.75, 3.05) is 32.1 Å². The predicted octanol–water partition coefficient (Wildman–Crippen LogP) is 4.41. The van der Waals surface area contributed by atoms with E-state index in [9.17, 15) is 9.50 Å². The molecule has 2 N–H and O–H groups in total. The lowest BCUT2D eigenvalue weighted by Gasteiger charge is -2.25. The minimum absolute atomic E-state index is 0.0898. The third-order valence-electron chi connectivity index (χ3n) is 7.31. The molecule has 1 saturated carbocycles. The van der Waals surface area contributed by atoms with Crippen molar-refractivity contribution in [3.8, 4) is 11.1 Å². The van der Waals surface area contributed by atoms with Gasteiger partial charge in [-0.2, -0.15) is 0 Å². The first-order valence-corrected chi connectivity index (χ1v) is 12.8. The number of likely N-dealkylation sites (tertiary alicyclic amines) is 1. The molecule has 2 atom stereocenters. The first-order valence-electron chi connectivity index (χ1n) is 12.8. The van der Waals surface area contributed by atoms with Crippen LogP contribution in [0, 0.1) is 0 Å². The topological polar surface area (TPSA) is 74.9 Å². The largest absolute Gasteiger partial charge is 0.393 e. The Hall–Kier alpha value is -2.55. The van der Waals surface area contributed by atoms with Gasteiger partial charge in [-0.15, -0.1) is 5.10 Å². The molecule has 0 amide bonds. The first kappa shape index (κ1) is 24.2. The number of benzene rings is 1. The summed E-state index contributed by atoms with van der Waals surface area (Å²) in [6, 6.07) is 10.9. The zero-order valence-electron chi connectivity index (χ0n) is 20.7. The molecule has 35 heavy (non-hydrogen) atoms. The standard InChI is InChI=1S/C27H36FN5O2/c1-18(17-35-2)30-27-29-14-26-24(13-25(33(26)31-27)20-6-8-23(34)9-7-20)21-5-3-4-19(12-21)15-32-11-10-22(28)16-32/h3-5,12-14,18,20,22-23,34H,6-11,15-17H2,1-2H3,(H,30,31)/t18-,20-,22+,23-/m0/s1. The zero-order chi connectivity index (χ0) is 24.4. The lowest BCUT2D eigenvalue weighted by atomic mass is 9.85. The number of anilines is 1. The number of methoxy groups -OCH3 is 1. The third-order valence-corrected chi connectivity index (χ3v) is 7.31. The van der Waals surface area contributed by atoms with Gasteiger partial charge in [-0.1, -0.05) is 18.2 Å². The van der Waals surface area contributed by atoms with Crippen LogP contribution < -0.4 is 5.32 Å². The monoisotopic (exact) mass is 481 g/mol. The number of fused-ring (bicyclic) bond motifs is 1. The van der Waals surface area contributed by atoms with Gasteiger partial charge in [-0.05, 0) is 62.3 Å². The molecule has 0 unspecified atom stereocenters. The second-order valence-electron chi connectivity index (χ2n) is 10.2. The van der Waals surface area contributed by atoms with E-state index in [1.165, 1.54) is 5.56 Å². The van der Waals surface area contributed by atoms with Crippen molar-refractivity contribution in [3.63, 3.8) is 0 Å². The summed E-state index contributed by atoms with van der Waals surface area (Å²) in [4.78, 5) is 6.79. The molecule has 8 heteroatoms. The van der Waals surface area contributed by atoms with Crippen LogP contribution >= 0.6 is 0 Å². The van der Waals surface area contributed by atoms with Gasteiger partial charge in [0.1, 0.15) is 6.17 Å². The number of ether oxygens (including phenoxy) is 1. The van der Waals surface area contributed by atoms with Crippen molar-refractivity contribution in [3.05, 3.63) is 47.8 Å². The van der Waals surface area contributed by atoms with Crippen molar-refractivity contribution in [2.24, 2.45) is 0 Å². The van der Waals surface area contributed by atoms with E-state index >= 15 is 0 Å². The quantitative estimate of drug-likeness (QED) is 0.497. The second-order valence-corrected chi connectivity index (χ2v) is 10.2. The molecule has 0 radical (unpaired) electrons. The summed E-state index contributed by atoms with van der Waals surface area (Å²) in [5, 5.41) is 18.3. The van der Waals surface area contributed by atoms with Crippen molar-refractivity contribution < 1.29 is 14.2 Å². The number of aromatic nitrogens is 3. The van der Waals surface area contributed by atoms with E-state index in [2.05, 4.69) is 45.5 Å². The maximum atomic E-state index is 13.7. The highest BCUT2D eigenvalue weighted by molar-refractivity contribution is 5.82. The molecule has 7 nitrogen and oxygen atoms in total. The van der Waals surface area contributed by atoms with E-state index in [0.29, 0.717) is 31.4 Å². The van der Waals surface area contributed by atoms with Crippen LogP contribution in [-0.2, 0) is 11.3 Å². The number of rotatable bonds is 8. The molecule has 0 spiro atoms. The number of hydrogen-bond donors (Lipinski definition) is 2. The molecule has 2 fully saturated rings. The Labute approximate surface area is 206 Å². The fourth-order valence-corrected chi connectivity index (χ4v) is 5.51. The van der Waals surface area contributed by atoms with Gasteiger partial charge in [0.2, 0.25) is 5.95 Å². The molecular weight excluding hydrogens is 445 g/mol. The summed E-state index contributed by atoms with van der Waals surface area (Å²) in [7, 11) is 1.68. The summed E-state index contributed by atoms with van der Waals surface area (Å²) in [6.07, 6.45) is 5.12. The zero-order valence-corrected chi connectivity index (χ0v) is 20.7. The summed E-state index contributed by atoms with van der Waals surface area (Å²) in [5.41, 5.74) is 5.55. The van der Waals surface area contributed by atoms with Crippen molar-refractivity contribution in [1.29, 1.82) is 0 Å².